The first-order valence-electron chi connectivity index (χ1n) is 6.32. The van der Waals surface area contributed by atoms with E-state index in [4.69, 9.17) is 0 Å². The average Bonchev–Trinajstić information content (AvgIpc) is 2.75. The van der Waals surface area contributed by atoms with Crippen molar-refractivity contribution in [1.82, 2.24) is 4.90 Å². The highest BCUT2D eigenvalue weighted by atomic mass is 16.3. The minimum atomic E-state index is -0.417. The summed E-state index contributed by atoms with van der Waals surface area (Å²) in [6.07, 6.45) is 1.93. The van der Waals surface area contributed by atoms with Crippen LogP contribution in [0.4, 0.5) is 0 Å². The van der Waals surface area contributed by atoms with Crippen LogP contribution in [-0.2, 0) is 4.79 Å². The first-order chi connectivity index (χ1) is 9.00. The number of carbonyl (C=O) groups excluding carboxylic acids is 2. The molecule has 0 radical (unpaired) electrons. The summed E-state index contributed by atoms with van der Waals surface area (Å²) in [5.41, 5.74) is -0.0852. The molecule has 1 aliphatic rings. The Morgan fingerprint density at radius 3 is 2.53 bits per heavy atom. The molecule has 2 N–H and O–H groups in total. The van der Waals surface area contributed by atoms with Crippen molar-refractivity contribution in [3.05, 3.63) is 23.8 Å². The van der Waals surface area contributed by atoms with E-state index in [2.05, 4.69) is 0 Å². The van der Waals surface area contributed by atoms with Gasteiger partial charge >= 0.3 is 0 Å². The summed E-state index contributed by atoms with van der Waals surface area (Å²) in [6, 6.07) is 4.06. The number of hydrogen-bond acceptors (Lipinski definition) is 4. The van der Waals surface area contributed by atoms with Crippen LogP contribution in [0.25, 0.3) is 0 Å². The van der Waals surface area contributed by atoms with Crippen LogP contribution in [-0.4, -0.2) is 39.4 Å². The predicted octanol–water partition coefficient (Wildman–Crippen LogP) is 1.68. The van der Waals surface area contributed by atoms with Gasteiger partial charge in [0, 0.05) is 19.0 Å². The van der Waals surface area contributed by atoms with Gasteiger partial charge in [0.1, 0.15) is 22.8 Å². The van der Waals surface area contributed by atoms with Gasteiger partial charge in [-0.2, -0.15) is 0 Å². The Kier molecular flexibility index (Phi) is 3.74. The van der Waals surface area contributed by atoms with Crippen LogP contribution in [0.15, 0.2) is 18.2 Å². The molecule has 1 atom stereocenters. The fraction of sp³-hybridized carbons (Fsp3) is 0.429. The standard InChI is InChI=1S/C14H17NO4/c1-9(16)8-10-4-3-7-15(10)14(19)13-11(17)5-2-6-12(13)18/h2,5-6,10,17-18H,3-4,7-8H2,1H3. The molecule has 5 nitrogen and oxygen atoms in total. The van der Waals surface area contributed by atoms with Gasteiger partial charge in [0.15, 0.2) is 0 Å². The van der Waals surface area contributed by atoms with Crippen molar-refractivity contribution >= 4 is 11.7 Å². The summed E-state index contributed by atoms with van der Waals surface area (Å²) in [4.78, 5) is 25.1. The quantitative estimate of drug-likeness (QED) is 0.869. The van der Waals surface area contributed by atoms with Gasteiger partial charge in [-0.3, -0.25) is 9.59 Å². The molecule has 102 valence electrons. The van der Waals surface area contributed by atoms with E-state index in [0.29, 0.717) is 13.0 Å². The fourth-order valence-electron chi connectivity index (χ4n) is 2.54. The molecular formula is C14H17NO4. The van der Waals surface area contributed by atoms with Crippen molar-refractivity contribution in [2.75, 3.05) is 6.54 Å². The number of rotatable bonds is 3. The number of phenolic OH excluding ortho intramolecular Hbond substituents is 2. The van der Waals surface area contributed by atoms with Gasteiger partial charge in [0.25, 0.3) is 5.91 Å². The lowest BCUT2D eigenvalue weighted by Crippen LogP contribution is -2.36. The van der Waals surface area contributed by atoms with Crippen molar-refractivity contribution in [3.8, 4) is 11.5 Å². The normalized spacial score (nSPS) is 18.6. The number of amides is 1. The van der Waals surface area contributed by atoms with Gasteiger partial charge in [-0.1, -0.05) is 6.07 Å². The van der Waals surface area contributed by atoms with E-state index in [-0.39, 0.29) is 28.9 Å². The monoisotopic (exact) mass is 263 g/mol. The number of ketones is 1. The number of carbonyl (C=O) groups is 2. The fourth-order valence-corrected chi connectivity index (χ4v) is 2.54. The zero-order valence-electron chi connectivity index (χ0n) is 10.8. The van der Waals surface area contributed by atoms with E-state index in [1.165, 1.54) is 25.1 Å². The summed E-state index contributed by atoms with van der Waals surface area (Å²) in [5, 5.41) is 19.4. The SMILES string of the molecule is CC(=O)CC1CCCN1C(=O)c1c(O)cccc1O. The van der Waals surface area contributed by atoms with Crippen molar-refractivity contribution in [2.45, 2.75) is 32.2 Å². The third-order valence-corrected chi connectivity index (χ3v) is 3.40. The summed E-state index contributed by atoms with van der Waals surface area (Å²) in [6.45, 7) is 2.04. The topological polar surface area (TPSA) is 77.8 Å². The summed E-state index contributed by atoms with van der Waals surface area (Å²) < 4.78 is 0. The maximum absolute atomic E-state index is 12.4. The van der Waals surface area contributed by atoms with Gasteiger partial charge in [-0.15, -0.1) is 0 Å². The second-order valence-electron chi connectivity index (χ2n) is 4.87. The number of likely N-dealkylation sites (tertiary alicyclic amines) is 1. The van der Waals surface area contributed by atoms with Crippen molar-refractivity contribution < 1.29 is 19.8 Å². The van der Waals surface area contributed by atoms with E-state index < -0.39 is 5.91 Å². The van der Waals surface area contributed by atoms with Crippen molar-refractivity contribution in [1.29, 1.82) is 0 Å². The van der Waals surface area contributed by atoms with Gasteiger partial charge in [0.2, 0.25) is 0 Å². The minimum Gasteiger partial charge on any atom is -0.507 e. The molecule has 0 spiro atoms. The lowest BCUT2D eigenvalue weighted by molar-refractivity contribution is -0.117. The van der Waals surface area contributed by atoms with Gasteiger partial charge in [0.05, 0.1) is 0 Å². The number of hydrogen-bond donors (Lipinski definition) is 2. The Morgan fingerprint density at radius 2 is 1.95 bits per heavy atom. The molecule has 19 heavy (non-hydrogen) atoms. The first-order valence-corrected chi connectivity index (χ1v) is 6.32. The molecule has 0 aliphatic carbocycles. The zero-order chi connectivity index (χ0) is 14.0. The summed E-state index contributed by atoms with van der Waals surface area (Å²) in [5.74, 6) is -0.859. The molecule has 0 saturated carbocycles. The molecule has 5 heteroatoms. The summed E-state index contributed by atoms with van der Waals surface area (Å²) >= 11 is 0. The largest absolute Gasteiger partial charge is 0.507 e. The average molecular weight is 263 g/mol. The van der Waals surface area contributed by atoms with E-state index in [0.717, 1.165) is 12.8 Å². The third kappa shape index (κ3) is 2.70. The van der Waals surface area contributed by atoms with Crippen LogP contribution >= 0.6 is 0 Å². The van der Waals surface area contributed by atoms with Crippen LogP contribution in [0.2, 0.25) is 0 Å². The molecule has 1 heterocycles. The first kappa shape index (κ1) is 13.4. The number of nitrogens with zero attached hydrogens (tertiary/aromatic N) is 1. The maximum Gasteiger partial charge on any atom is 0.261 e. The smallest absolute Gasteiger partial charge is 0.261 e. The Labute approximate surface area is 111 Å². The molecule has 1 aromatic carbocycles. The molecule has 1 aromatic rings. The highest BCUT2D eigenvalue weighted by Gasteiger charge is 2.32. The molecule has 0 aromatic heterocycles. The molecule has 2 rings (SSSR count). The zero-order valence-corrected chi connectivity index (χ0v) is 10.8. The molecule has 0 bridgehead atoms. The molecule has 1 unspecified atom stereocenters. The van der Waals surface area contributed by atoms with Crippen molar-refractivity contribution in [3.63, 3.8) is 0 Å². The van der Waals surface area contributed by atoms with E-state index in [1.54, 1.807) is 4.90 Å². The Morgan fingerprint density at radius 1 is 1.32 bits per heavy atom. The number of aromatic hydroxyl groups is 2. The van der Waals surface area contributed by atoms with Crippen LogP contribution in [0.1, 0.15) is 36.5 Å². The second-order valence-corrected chi connectivity index (χ2v) is 4.87. The molecule has 1 amide bonds. The van der Waals surface area contributed by atoms with Gasteiger partial charge in [-0.25, -0.2) is 0 Å². The van der Waals surface area contributed by atoms with Gasteiger partial charge in [-0.05, 0) is 31.9 Å². The van der Waals surface area contributed by atoms with Crippen LogP contribution in [0, 0.1) is 0 Å². The highest BCUT2D eigenvalue weighted by Crippen LogP contribution is 2.31. The van der Waals surface area contributed by atoms with E-state index in [1.807, 2.05) is 0 Å². The molecular weight excluding hydrogens is 246 g/mol. The highest BCUT2D eigenvalue weighted by molar-refractivity contribution is 6.00. The Bertz CT molecular complexity index is 492. The maximum atomic E-state index is 12.4. The van der Waals surface area contributed by atoms with E-state index >= 15 is 0 Å². The molecule has 1 fully saturated rings. The Balaban J connectivity index is 2.26. The number of benzene rings is 1. The van der Waals surface area contributed by atoms with Crippen LogP contribution in [0.5, 0.6) is 11.5 Å². The lowest BCUT2D eigenvalue weighted by atomic mass is 10.1. The molecule has 1 saturated heterocycles. The van der Waals surface area contributed by atoms with Gasteiger partial charge < -0.3 is 15.1 Å². The lowest BCUT2D eigenvalue weighted by Gasteiger charge is -2.24. The predicted molar refractivity (Wildman–Crippen MR) is 69.1 cm³/mol. The van der Waals surface area contributed by atoms with E-state index in [9.17, 15) is 19.8 Å². The van der Waals surface area contributed by atoms with Crippen molar-refractivity contribution in [2.24, 2.45) is 0 Å². The third-order valence-electron chi connectivity index (χ3n) is 3.40. The Hall–Kier alpha value is -2.04. The summed E-state index contributed by atoms with van der Waals surface area (Å²) in [7, 11) is 0. The minimum absolute atomic E-state index is 0.0335. The number of Topliss-reactive ketones (excluding diaryl/α,β-unsaturated/α-hetero) is 1. The second kappa shape index (κ2) is 5.30. The number of phenols is 2. The molecule has 1 aliphatic heterocycles. The van der Waals surface area contributed by atoms with Crippen LogP contribution < -0.4 is 0 Å². The van der Waals surface area contributed by atoms with Crippen LogP contribution in [0.3, 0.4) is 0 Å².